The molecule has 1 fully saturated rings. The van der Waals surface area contributed by atoms with Gasteiger partial charge >= 0.3 is 0 Å². The summed E-state index contributed by atoms with van der Waals surface area (Å²) in [6, 6.07) is 2.07. The van der Waals surface area contributed by atoms with Crippen LogP contribution in [0.15, 0.2) is 6.07 Å². The van der Waals surface area contributed by atoms with Crippen LogP contribution in [0.5, 0.6) is 0 Å². The van der Waals surface area contributed by atoms with Crippen molar-refractivity contribution in [1.82, 2.24) is 9.97 Å². The molecule has 0 spiro atoms. The third kappa shape index (κ3) is 2.89. The molecule has 1 heterocycles. The van der Waals surface area contributed by atoms with Crippen molar-refractivity contribution >= 4 is 5.82 Å². The van der Waals surface area contributed by atoms with E-state index in [2.05, 4.69) is 30.2 Å². The maximum absolute atomic E-state index is 6.02. The molecule has 0 unspecified atom stereocenters. The molecular weight excluding hydrogens is 238 g/mol. The van der Waals surface area contributed by atoms with Crippen molar-refractivity contribution in [2.75, 3.05) is 19.0 Å². The van der Waals surface area contributed by atoms with E-state index in [1.165, 1.54) is 18.5 Å². The van der Waals surface area contributed by atoms with Crippen molar-refractivity contribution < 1.29 is 4.74 Å². The normalized spacial score (nSPS) is 15.6. The second-order valence-corrected chi connectivity index (χ2v) is 5.16. The highest BCUT2D eigenvalue weighted by Crippen LogP contribution is 2.41. The number of ether oxygens (including phenoxy) is 1. The summed E-state index contributed by atoms with van der Waals surface area (Å²) in [5.74, 6) is 2.37. The Bertz CT molecular complexity index is 425. The van der Waals surface area contributed by atoms with Crippen LogP contribution in [0, 0.1) is 0 Å². The lowest BCUT2D eigenvalue weighted by molar-refractivity contribution is -0.0571. The summed E-state index contributed by atoms with van der Waals surface area (Å²) in [4.78, 5) is 9.45. The van der Waals surface area contributed by atoms with Crippen LogP contribution in [0.25, 0.3) is 0 Å². The van der Waals surface area contributed by atoms with E-state index in [0.717, 1.165) is 24.5 Å². The van der Waals surface area contributed by atoms with Gasteiger partial charge in [-0.15, -0.1) is 0 Å². The fraction of sp³-hybridized carbons (Fsp3) is 0.733. The Hall–Kier alpha value is -1.16. The highest BCUT2D eigenvalue weighted by atomic mass is 16.5. The van der Waals surface area contributed by atoms with Gasteiger partial charge in [-0.3, -0.25) is 0 Å². The predicted octanol–water partition coefficient (Wildman–Crippen LogP) is 3.45. The largest absolute Gasteiger partial charge is 0.373 e. The molecule has 1 aromatic rings. The quantitative estimate of drug-likeness (QED) is 0.818. The molecule has 106 valence electrons. The number of rotatable bonds is 7. The first-order valence-corrected chi connectivity index (χ1v) is 7.40. The summed E-state index contributed by atoms with van der Waals surface area (Å²) < 4.78 is 6.02. The third-order valence-corrected chi connectivity index (χ3v) is 3.97. The SMILES string of the molecule is CCOC(CC)(CC)c1nc(NC)cc(C2CC2)n1. The van der Waals surface area contributed by atoms with E-state index in [1.54, 1.807) is 0 Å². The first kappa shape index (κ1) is 14.3. The summed E-state index contributed by atoms with van der Waals surface area (Å²) in [5.41, 5.74) is 0.825. The lowest BCUT2D eigenvalue weighted by atomic mass is 9.95. The van der Waals surface area contributed by atoms with Crippen LogP contribution >= 0.6 is 0 Å². The molecule has 4 heteroatoms. The lowest BCUT2D eigenvalue weighted by Crippen LogP contribution is -2.31. The molecule has 1 aliphatic carbocycles. The van der Waals surface area contributed by atoms with Gasteiger partial charge in [-0.25, -0.2) is 9.97 Å². The van der Waals surface area contributed by atoms with Crippen LogP contribution in [-0.4, -0.2) is 23.6 Å². The number of aromatic nitrogens is 2. The fourth-order valence-electron chi connectivity index (χ4n) is 2.50. The molecule has 1 N–H and O–H groups in total. The molecule has 1 aliphatic rings. The van der Waals surface area contributed by atoms with E-state index < -0.39 is 0 Å². The van der Waals surface area contributed by atoms with Gasteiger partial charge in [-0.2, -0.15) is 0 Å². The smallest absolute Gasteiger partial charge is 0.162 e. The van der Waals surface area contributed by atoms with Gasteiger partial charge in [0.2, 0.25) is 0 Å². The molecule has 1 saturated carbocycles. The van der Waals surface area contributed by atoms with Gasteiger partial charge in [-0.05, 0) is 32.6 Å². The van der Waals surface area contributed by atoms with Gasteiger partial charge in [0.1, 0.15) is 11.4 Å². The molecule has 0 amide bonds. The molecular formula is C15H25N3O. The first-order valence-electron chi connectivity index (χ1n) is 7.40. The van der Waals surface area contributed by atoms with E-state index >= 15 is 0 Å². The van der Waals surface area contributed by atoms with Crippen LogP contribution in [0.1, 0.15) is 63.9 Å². The Balaban J connectivity index is 2.42. The number of nitrogens with one attached hydrogen (secondary N) is 1. The van der Waals surface area contributed by atoms with Gasteiger partial charge < -0.3 is 10.1 Å². The monoisotopic (exact) mass is 263 g/mol. The van der Waals surface area contributed by atoms with Crippen LogP contribution < -0.4 is 5.32 Å². The zero-order chi connectivity index (χ0) is 13.9. The fourth-order valence-corrected chi connectivity index (χ4v) is 2.50. The average molecular weight is 263 g/mol. The minimum Gasteiger partial charge on any atom is -0.373 e. The van der Waals surface area contributed by atoms with E-state index in [4.69, 9.17) is 9.72 Å². The minimum atomic E-state index is -0.342. The maximum Gasteiger partial charge on any atom is 0.162 e. The second-order valence-electron chi connectivity index (χ2n) is 5.16. The van der Waals surface area contributed by atoms with Crippen LogP contribution in [0.2, 0.25) is 0 Å². The summed E-state index contributed by atoms with van der Waals surface area (Å²) in [5, 5.41) is 3.15. The topological polar surface area (TPSA) is 47.0 Å². The molecule has 0 radical (unpaired) electrons. The molecule has 2 rings (SSSR count). The van der Waals surface area contributed by atoms with E-state index in [1.807, 2.05) is 14.0 Å². The van der Waals surface area contributed by atoms with Crippen LogP contribution in [0.4, 0.5) is 5.82 Å². The van der Waals surface area contributed by atoms with Gasteiger partial charge in [0, 0.05) is 31.3 Å². The Labute approximate surface area is 116 Å². The van der Waals surface area contributed by atoms with E-state index in [9.17, 15) is 0 Å². The second kappa shape index (κ2) is 5.87. The summed E-state index contributed by atoms with van der Waals surface area (Å²) in [7, 11) is 1.91. The standard InChI is InChI=1S/C15H25N3O/c1-5-15(6-2,19-7-3)14-17-12(11-8-9-11)10-13(16-4)18-14/h10-11H,5-9H2,1-4H3,(H,16,17,18). The zero-order valence-electron chi connectivity index (χ0n) is 12.5. The molecule has 0 bridgehead atoms. The van der Waals surface area contributed by atoms with Crippen molar-refractivity contribution in [2.45, 2.75) is 58.0 Å². The minimum absolute atomic E-state index is 0.342. The lowest BCUT2D eigenvalue weighted by Gasteiger charge is -2.30. The van der Waals surface area contributed by atoms with Crippen molar-refractivity contribution in [3.05, 3.63) is 17.6 Å². The van der Waals surface area contributed by atoms with Gasteiger partial charge in [0.15, 0.2) is 5.82 Å². The number of hydrogen-bond acceptors (Lipinski definition) is 4. The highest BCUT2D eigenvalue weighted by Gasteiger charge is 2.34. The van der Waals surface area contributed by atoms with Crippen molar-refractivity contribution in [3.8, 4) is 0 Å². The van der Waals surface area contributed by atoms with Crippen molar-refractivity contribution in [3.63, 3.8) is 0 Å². The highest BCUT2D eigenvalue weighted by molar-refractivity contribution is 5.38. The average Bonchev–Trinajstić information content (AvgIpc) is 3.29. The molecule has 19 heavy (non-hydrogen) atoms. The Morgan fingerprint density at radius 1 is 1.26 bits per heavy atom. The van der Waals surface area contributed by atoms with Crippen molar-refractivity contribution in [2.24, 2.45) is 0 Å². The molecule has 0 atom stereocenters. The summed E-state index contributed by atoms with van der Waals surface area (Å²) >= 11 is 0. The summed E-state index contributed by atoms with van der Waals surface area (Å²) in [6.07, 6.45) is 4.29. The van der Waals surface area contributed by atoms with Crippen molar-refractivity contribution in [1.29, 1.82) is 0 Å². The van der Waals surface area contributed by atoms with Gasteiger partial charge in [0.05, 0.1) is 0 Å². The maximum atomic E-state index is 6.02. The third-order valence-electron chi connectivity index (χ3n) is 3.97. The Morgan fingerprint density at radius 3 is 2.42 bits per heavy atom. The van der Waals surface area contributed by atoms with Gasteiger partial charge in [0.25, 0.3) is 0 Å². The molecule has 0 aliphatic heterocycles. The molecule has 0 saturated heterocycles. The number of nitrogens with zero attached hydrogens (tertiary/aromatic N) is 2. The predicted molar refractivity (Wildman–Crippen MR) is 77.4 cm³/mol. The van der Waals surface area contributed by atoms with Crippen LogP contribution in [0.3, 0.4) is 0 Å². The summed E-state index contributed by atoms with van der Waals surface area (Å²) in [6.45, 7) is 7.01. The van der Waals surface area contributed by atoms with E-state index in [-0.39, 0.29) is 5.60 Å². The van der Waals surface area contributed by atoms with E-state index in [0.29, 0.717) is 12.5 Å². The first-order chi connectivity index (χ1) is 9.19. The van der Waals surface area contributed by atoms with Crippen LogP contribution in [-0.2, 0) is 10.3 Å². The number of anilines is 1. The molecule has 1 aromatic heterocycles. The Morgan fingerprint density at radius 2 is 1.95 bits per heavy atom. The molecule has 4 nitrogen and oxygen atoms in total. The molecule has 0 aromatic carbocycles. The zero-order valence-corrected chi connectivity index (χ0v) is 12.5. The van der Waals surface area contributed by atoms with Gasteiger partial charge in [-0.1, -0.05) is 13.8 Å². The Kier molecular flexibility index (Phi) is 4.40. The number of hydrogen-bond donors (Lipinski definition) is 1.